The Kier molecular flexibility index (Phi) is 6.97. The third kappa shape index (κ3) is 4.96. The number of aromatic nitrogens is 2. The Bertz CT molecular complexity index is 1460. The average Bonchev–Trinajstić information content (AvgIpc) is 3.37. The number of hydrogen-bond acceptors (Lipinski definition) is 5. The van der Waals surface area contributed by atoms with Gasteiger partial charge in [0.1, 0.15) is 16.3 Å². The molecule has 0 unspecified atom stereocenters. The molecule has 0 saturated carbocycles. The standard InChI is InChI=1S/C28H28N4O3S/c1-35-25-15-16-26(27(19-25)36(33,34)31-17-9-4-10-18-31)29-20-23-21-32(24-13-7-3-8-14-24)30-28(23)22-11-5-2-6-12-22/h2-3,5-8,11-16,19-21H,4,9-10,17-18H2,1H3. The van der Waals surface area contributed by atoms with Gasteiger partial charge in [-0.2, -0.15) is 9.40 Å². The quantitative estimate of drug-likeness (QED) is 0.315. The first-order valence-corrected chi connectivity index (χ1v) is 13.4. The molecule has 3 aromatic carbocycles. The molecule has 1 saturated heterocycles. The van der Waals surface area contributed by atoms with Crippen molar-refractivity contribution in [2.24, 2.45) is 4.99 Å². The van der Waals surface area contributed by atoms with Crippen LogP contribution in [0.5, 0.6) is 5.75 Å². The van der Waals surface area contributed by atoms with Crippen molar-refractivity contribution in [2.75, 3.05) is 20.2 Å². The Balaban J connectivity index is 1.58. The fraction of sp³-hybridized carbons (Fsp3) is 0.214. The third-order valence-corrected chi connectivity index (χ3v) is 8.18. The topological polar surface area (TPSA) is 76.8 Å². The Morgan fingerprint density at radius 2 is 1.61 bits per heavy atom. The van der Waals surface area contributed by atoms with Gasteiger partial charge >= 0.3 is 0 Å². The van der Waals surface area contributed by atoms with Crippen LogP contribution in [0.15, 0.2) is 94.9 Å². The zero-order valence-corrected chi connectivity index (χ0v) is 20.9. The smallest absolute Gasteiger partial charge is 0.245 e. The Labute approximate surface area is 211 Å². The molecule has 0 bridgehead atoms. The monoisotopic (exact) mass is 500 g/mol. The van der Waals surface area contributed by atoms with Gasteiger partial charge in [-0.3, -0.25) is 4.99 Å². The highest BCUT2D eigenvalue weighted by atomic mass is 32.2. The van der Waals surface area contributed by atoms with Crippen molar-refractivity contribution in [3.8, 4) is 22.7 Å². The van der Waals surface area contributed by atoms with Crippen LogP contribution in [-0.4, -0.2) is 48.9 Å². The maximum absolute atomic E-state index is 13.5. The van der Waals surface area contributed by atoms with Gasteiger partial charge in [-0.25, -0.2) is 13.1 Å². The summed E-state index contributed by atoms with van der Waals surface area (Å²) in [5.74, 6) is 0.478. The first kappa shape index (κ1) is 24.0. The van der Waals surface area contributed by atoms with Crippen molar-refractivity contribution in [1.82, 2.24) is 14.1 Å². The van der Waals surface area contributed by atoms with Crippen LogP contribution in [0.1, 0.15) is 24.8 Å². The number of nitrogens with zero attached hydrogens (tertiary/aromatic N) is 4. The Hall–Kier alpha value is -3.75. The second kappa shape index (κ2) is 10.5. The molecule has 1 aromatic heterocycles. The van der Waals surface area contributed by atoms with E-state index >= 15 is 0 Å². The summed E-state index contributed by atoms with van der Waals surface area (Å²) in [6, 6.07) is 24.7. The molecule has 184 valence electrons. The maximum atomic E-state index is 13.5. The van der Waals surface area contributed by atoms with Crippen molar-refractivity contribution >= 4 is 21.9 Å². The molecule has 36 heavy (non-hydrogen) atoms. The van der Waals surface area contributed by atoms with E-state index in [-0.39, 0.29) is 4.90 Å². The second-order valence-electron chi connectivity index (χ2n) is 8.64. The van der Waals surface area contributed by atoms with Gasteiger partial charge in [0.2, 0.25) is 10.0 Å². The SMILES string of the molecule is COc1ccc(N=Cc2cn(-c3ccccc3)nc2-c2ccccc2)c(S(=O)(=O)N2CCCCC2)c1. The summed E-state index contributed by atoms with van der Waals surface area (Å²) in [7, 11) is -2.18. The van der Waals surface area contributed by atoms with E-state index in [4.69, 9.17) is 9.84 Å². The van der Waals surface area contributed by atoms with E-state index in [1.165, 1.54) is 7.11 Å². The molecule has 4 aromatic rings. The number of para-hydroxylation sites is 1. The molecular formula is C28H28N4O3S. The van der Waals surface area contributed by atoms with Gasteiger partial charge in [0.05, 0.1) is 18.5 Å². The molecule has 0 amide bonds. The van der Waals surface area contributed by atoms with Crippen LogP contribution in [0, 0.1) is 0 Å². The number of benzene rings is 3. The van der Waals surface area contributed by atoms with Crippen LogP contribution in [-0.2, 0) is 10.0 Å². The van der Waals surface area contributed by atoms with Crippen LogP contribution in [0.4, 0.5) is 5.69 Å². The van der Waals surface area contributed by atoms with Crippen LogP contribution < -0.4 is 4.74 Å². The molecule has 1 aliphatic rings. The highest BCUT2D eigenvalue weighted by molar-refractivity contribution is 7.89. The molecule has 0 radical (unpaired) electrons. The lowest BCUT2D eigenvalue weighted by atomic mass is 10.1. The fourth-order valence-electron chi connectivity index (χ4n) is 4.33. The number of aliphatic imine (C=N–C) groups is 1. The van der Waals surface area contributed by atoms with Gasteiger partial charge < -0.3 is 4.74 Å². The maximum Gasteiger partial charge on any atom is 0.245 e. The van der Waals surface area contributed by atoms with E-state index in [9.17, 15) is 8.42 Å². The van der Waals surface area contributed by atoms with E-state index in [0.29, 0.717) is 24.5 Å². The fourth-order valence-corrected chi connectivity index (χ4v) is 6.00. The summed E-state index contributed by atoms with van der Waals surface area (Å²) >= 11 is 0. The van der Waals surface area contributed by atoms with Gasteiger partial charge in [0.25, 0.3) is 0 Å². The molecule has 8 heteroatoms. The van der Waals surface area contributed by atoms with Gasteiger partial charge in [0, 0.05) is 42.7 Å². The van der Waals surface area contributed by atoms with E-state index in [1.807, 2.05) is 71.5 Å². The molecule has 1 aliphatic heterocycles. The predicted molar refractivity (Wildman–Crippen MR) is 142 cm³/mol. The summed E-state index contributed by atoms with van der Waals surface area (Å²) in [4.78, 5) is 4.82. The first-order valence-electron chi connectivity index (χ1n) is 12.0. The minimum atomic E-state index is -3.71. The minimum absolute atomic E-state index is 0.150. The molecule has 0 spiro atoms. The van der Waals surface area contributed by atoms with Crippen molar-refractivity contribution < 1.29 is 13.2 Å². The third-order valence-electron chi connectivity index (χ3n) is 6.25. The summed E-state index contributed by atoms with van der Waals surface area (Å²) in [5, 5.41) is 4.81. The van der Waals surface area contributed by atoms with E-state index in [2.05, 4.69) is 4.99 Å². The number of rotatable bonds is 7. The molecule has 0 atom stereocenters. The van der Waals surface area contributed by atoms with Gasteiger partial charge in [0.15, 0.2) is 0 Å². The number of methoxy groups -OCH3 is 1. The van der Waals surface area contributed by atoms with Gasteiger partial charge in [-0.15, -0.1) is 0 Å². The number of piperidine rings is 1. The van der Waals surface area contributed by atoms with E-state index < -0.39 is 10.0 Å². The molecule has 2 heterocycles. The normalized spacial score (nSPS) is 14.8. The zero-order valence-electron chi connectivity index (χ0n) is 20.1. The van der Waals surface area contributed by atoms with E-state index in [1.54, 1.807) is 28.7 Å². The van der Waals surface area contributed by atoms with Crippen LogP contribution >= 0.6 is 0 Å². The molecule has 0 N–H and O–H groups in total. The highest BCUT2D eigenvalue weighted by Gasteiger charge is 2.29. The molecule has 7 nitrogen and oxygen atoms in total. The average molecular weight is 501 g/mol. The Morgan fingerprint density at radius 3 is 2.31 bits per heavy atom. The molecular weight excluding hydrogens is 472 g/mol. The first-order chi connectivity index (χ1) is 17.6. The predicted octanol–water partition coefficient (Wildman–Crippen LogP) is 5.47. The van der Waals surface area contributed by atoms with Crippen LogP contribution in [0.25, 0.3) is 16.9 Å². The Morgan fingerprint density at radius 1 is 0.917 bits per heavy atom. The van der Waals surface area contributed by atoms with Crippen LogP contribution in [0.3, 0.4) is 0 Å². The second-order valence-corrected chi connectivity index (χ2v) is 10.5. The summed E-state index contributed by atoms with van der Waals surface area (Å²) in [5.41, 5.74) is 3.78. The van der Waals surface area contributed by atoms with Crippen molar-refractivity contribution in [3.63, 3.8) is 0 Å². The number of sulfonamides is 1. The lowest BCUT2D eigenvalue weighted by Gasteiger charge is -2.26. The number of ether oxygens (including phenoxy) is 1. The summed E-state index contributed by atoms with van der Waals surface area (Å²) in [6.45, 7) is 1.04. The van der Waals surface area contributed by atoms with Crippen LogP contribution in [0.2, 0.25) is 0 Å². The molecule has 1 fully saturated rings. The van der Waals surface area contributed by atoms with Gasteiger partial charge in [-0.05, 0) is 37.1 Å². The summed E-state index contributed by atoms with van der Waals surface area (Å²) < 4.78 is 35.8. The zero-order chi connectivity index (χ0) is 25.0. The van der Waals surface area contributed by atoms with Crippen molar-refractivity contribution in [3.05, 3.63) is 90.6 Å². The highest BCUT2D eigenvalue weighted by Crippen LogP contribution is 2.33. The largest absolute Gasteiger partial charge is 0.497 e. The lowest BCUT2D eigenvalue weighted by molar-refractivity contribution is 0.346. The van der Waals surface area contributed by atoms with Gasteiger partial charge in [-0.1, -0.05) is 55.0 Å². The van der Waals surface area contributed by atoms with Crippen molar-refractivity contribution in [1.29, 1.82) is 0 Å². The minimum Gasteiger partial charge on any atom is -0.497 e. The number of hydrogen-bond donors (Lipinski definition) is 0. The lowest BCUT2D eigenvalue weighted by Crippen LogP contribution is -2.35. The molecule has 0 aliphatic carbocycles. The van der Waals surface area contributed by atoms with E-state index in [0.717, 1.165) is 41.8 Å². The van der Waals surface area contributed by atoms with Crippen molar-refractivity contribution in [2.45, 2.75) is 24.2 Å². The summed E-state index contributed by atoms with van der Waals surface area (Å²) in [6.07, 6.45) is 6.36. The molecule has 5 rings (SSSR count).